The molecule has 0 fully saturated rings. The molecule has 22 heavy (non-hydrogen) atoms. The molecule has 3 N–H and O–H groups in total. The van der Waals surface area contributed by atoms with Crippen molar-refractivity contribution >= 4 is 39.9 Å². The lowest BCUT2D eigenvalue weighted by atomic mass is 10.2. The third kappa shape index (κ3) is 7.51. The number of ether oxygens (including phenoxy) is 1. The third-order valence-electron chi connectivity index (χ3n) is 2.23. The van der Waals surface area contributed by atoms with E-state index in [0.29, 0.717) is 29.3 Å². The molecule has 0 saturated carbocycles. The summed E-state index contributed by atoms with van der Waals surface area (Å²) in [5.41, 5.74) is -0.500. The van der Waals surface area contributed by atoms with E-state index in [9.17, 15) is 4.79 Å². The fourth-order valence-corrected chi connectivity index (χ4v) is 2.33. The maximum atomic E-state index is 11.4. The third-order valence-corrected chi connectivity index (χ3v) is 3.62. The Morgan fingerprint density at radius 1 is 1.27 bits per heavy atom. The summed E-state index contributed by atoms with van der Waals surface area (Å²) in [5, 5.41) is 18.7. The van der Waals surface area contributed by atoms with Crippen LogP contribution in [0.5, 0.6) is 0 Å². The summed E-state index contributed by atoms with van der Waals surface area (Å²) in [6.45, 7) is 10.5. The average Bonchev–Trinajstić information content (AvgIpc) is 2.81. The van der Waals surface area contributed by atoms with Gasteiger partial charge >= 0.3 is 6.09 Å². The van der Waals surface area contributed by atoms with Crippen LogP contribution in [0.25, 0.3) is 0 Å². The lowest BCUT2D eigenvalue weighted by Crippen LogP contribution is -2.39. The number of carbonyl (C=O) groups excluding carboxylic acids is 1. The smallest absolute Gasteiger partial charge is 0.407 e. The number of anilines is 1. The van der Waals surface area contributed by atoms with Crippen molar-refractivity contribution in [3.8, 4) is 0 Å². The summed E-state index contributed by atoms with van der Waals surface area (Å²) in [4.78, 5) is 11.4. The highest BCUT2D eigenvalue weighted by Crippen LogP contribution is 2.22. The maximum absolute atomic E-state index is 11.4. The van der Waals surface area contributed by atoms with Crippen molar-refractivity contribution in [2.45, 2.75) is 46.1 Å². The van der Waals surface area contributed by atoms with Gasteiger partial charge in [-0.05, 0) is 33.0 Å². The first-order valence-electron chi connectivity index (χ1n) is 7.02. The molecule has 1 heterocycles. The van der Waals surface area contributed by atoms with Gasteiger partial charge in [-0.2, -0.15) is 0 Å². The second-order valence-corrected chi connectivity index (χ2v) is 7.33. The minimum Gasteiger partial charge on any atom is -0.444 e. The highest BCUT2D eigenvalue weighted by molar-refractivity contribution is 7.80. The van der Waals surface area contributed by atoms with Crippen LogP contribution in [0.2, 0.25) is 0 Å². The van der Waals surface area contributed by atoms with Crippen LogP contribution >= 0.6 is 23.6 Å². The van der Waals surface area contributed by atoms with Crippen LogP contribution in [0.4, 0.5) is 9.93 Å². The lowest BCUT2D eigenvalue weighted by molar-refractivity contribution is 0.0529. The number of hydrogen-bond acceptors (Lipinski definition) is 6. The van der Waals surface area contributed by atoms with Gasteiger partial charge in [-0.15, -0.1) is 10.2 Å². The molecule has 0 radical (unpaired) electrons. The van der Waals surface area contributed by atoms with Crippen molar-refractivity contribution < 1.29 is 9.53 Å². The van der Waals surface area contributed by atoms with E-state index in [-0.39, 0.29) is 0 Å². The molecule has 1 amide bonds. The zero-order chi connectivity index (χ0) is 16.8. The predicted molar refractivity (Wildman–Crippen MR) is 92.5 cm³/mol. The molecule has 1 aromatic rings. The van der Waals surface area contributed by atoms with Crippen LogP contribution < -0.4 is 16.0 Å². The Hall–Kier alpha value is -1.48. The zero-order valence-electron chi connectivity index (χ0n) is 13.5. The van der Waals surface area contributed by atoms with Gasteiger partial charge in [0, 0.05) is 19.0 Å². The molecular weight excluding hydrogens is 322 g/mol. The number of alkyl carbamates (subject to hydrolysis) is 1. The molecular formula is C13H23N5O2S2. The van der Waals surface area contributed by atoms with Crippen molar-refractivity contribution in [1.29, 1.82) is 0 Å². The first-order valence-corrected chi connectivity index (χ1v) is 8.25. The zero-order valence-corrected chi connectivity index (χ0v) is 15.2. The molecule has 0 aliphatic heterocycles. The van der Waals surface area contributed by atoms with E-state index in [0.717, 1.165) is 5.01 Å². The summed E-state index contributed by atoms with van der Waals surface area (Å²) in [7, 11) is 0. The Balaban J connectivity index is 2.22. The molecule has 1 rings (SSSR count). The topological polar surface area (TPSA) is 88.2 Å². The van der Waals surface area contributed by atoms with Gasteiger partial charge in [-0.25, -0.2) is 4.79 Å². The van der Waals surface area contributed by atoms with Gasteiger partial charge < -0.3 is 20.7 Å². The fraction of sp³-hybridized carbons (Fsp3) is 0.692. The molecule has 0 spiro atoms. The summed E-state index contributed by atoms with van der Waals surface area (Å²) < 4.78 is 5.12. The number of aromatic nitrogens is 2. The molecule has 0 aliphatic rings. The van der Waals surface area contributed by atoms with Gasteiger partial charge in [0.25, 0.3) is 0 Å². The first kappa shape index (κ1) is 18.6. The molecule has 0 unspecified atom stereocenters. The van der Waals surface area contributed by atoms with E-state index in [1.165, 1.54) is 11.3 Å². The van der Waals surface area contributed by atoms with Crippen LogP contribution in [0.15, 0.2) is 0 Å². The van der Waals surface area contributed by atoms with E-state index < -0.39 is 11.7 Å². The standard InChI is InChI=1S/C13H23N5O2S2/c1-8(2)9-17-18-11(22-9)16-10(21)14-6-7-15-12(19)20-13(3,4)5/h8H,6-7H2,1-5H3,(H,15,19)(H2,14,16,18,21). The van der Waals surface area contributed by atoms with E-state index in [2.05, 4.69) is 40.0 Å². The van der Waals surface area contributed by atoms with Gasteiger partial charge in [0.15, 0.2) is 5.11 Å². The van der Waals surface area contributed by atoms with Crippen molar-refractivity contribution in [3.63, 3.8) is 0 Å². The largest absolute Gasteiger partial charge is 0.444 e. The Morgan fingerprint density at radius 3 is 2.45 bits per heavy atom. The van der Waals surface area contributed by atoms with Gasteiger partial charge in [-0.3, -0.25) is 0 Å². The SMILES string of the molecule is CC(C)c1nnc(NC(=S)NCCNC(=O)OC(C)(C)C)s1. The summed E-state index contributed by atoms with van der Waals surface area (Å²) in [5.74, 6) is 0.340. The second kappa shape index (κ2) is 8.23. The van der Waals surface area contributed by atoms with E-state index in [4.69, 9.17) is 17.0 Å². The summed E-state index contributed by atoms with van der Waals surface area (Å²) in [6, 6.07) is 0. The molecule has 7 nitrogen and oxygen atoms in total. The maximum Gasteiger partial charge on any atom is 0.407 e. The molecule has 0 aliphatic carbocycles. The van der Waals surface area contributed by atoms with Crippen LogP contribution in [0.3, 0.4) is 0 Å². The highest BCUT2D eigenvalue weighted by atomic mass is 32.1. The van der Waals surface area contributed by atoms with Crippen LogP contribution in [0, 0.1) is 0 Å². The molecule has 0 atom stereocenters. The quantitative estimate of drug-likeness (QED) is 0.558. The average molecular weight is 345 g/mol. The van der Waals surface area contributed by atoms with Crippen LogP contribution in [0.1, 0.15) is 45.5 Å². The Morgan fingerprint density at radius 2 is 1.91 bits per heavy atom. The Kier molecular flexibility index (Phi) is 6.95. The van der Waals surface area contributed by atoms with Gasteiger partial charge in [-0.1, -0.05) is 25.2 Å². The number of nitrogens with one attached hydrogen (secondary N) is 3. The minimum atomic E-state index is -0.500. The van der Waals surface area contributed by atoms with Crippen LogP contribution in [-0.4, -0.2) is 40.1 Å². The van der Waals surface area contributed by atoms with Crippen molar-refractivity contribution in [1.82, 2.24) is 20.8 Å². The highest BCUT2D eigenvalue weighted by Gasteiger charge is 2.15. The van der Waals surface area contributed by atoms with Crippen molar-refractivity contribution in [3.05, 3.63) is 5.01 Å². The number of nitrogens with zero attached hydrogens (tertiary/aromatic N) is 2. The summed E-state index contributed by atoms with van der Waals surface area (Å²) in [6.07, 6.45) is -0.445. The first-order chi connectivity index (χ1) is 10.2. The van der Waals surface area contributed by atoms with E-state index in [1.807, 2.05) is 20.8 Å². The van der Waals surface area contributed by atoms with Crippen molar-refractivity contribution in [2.24, 2.45) is 0 Å². The predicted octanol–water partition coefficient (Wildman–Crippen LogP) is 2.47. The normalized spacial score (nSPS) is 11.2. The number of amides is 1. The van der Waals surface area contributed by atoms with Gasteiger partial charge in [0.1, 0.15) is 10.6 Å². The molecule has 0 bridgehead atoms. The van der Waals surface area contributed by atoms with Crippen molar-refractivity contribution in [2.75, 3.05) is 18.4 Å². The lowest BCUT2D eigenvalue weighted by Gasteiger charge is -2.19. The monoisotopic (exact) mass is 345 g/mol. The molecule has 0 saturated heterocycles. The number of carbonyl (C=O) groups is 1. The number of rotatable bonds is 5. The number of hydrogen-bond donors (Lipinski definition) is 3. The van der Waals surface area contributed by atoms with Crippen LogP contribution in [-0.2, 0) is 4.74 Å². The molecule has 1 aromatic heterocycles. The number of thiocarbonyl (C=S) groups is 1. The Labute approximate surface area is 140 Å². The van der Waals surface area contributed by atoms with Gasteiger partial charge in [0.05, 0.1) is 0 Å². The second-order valence-electron chi connectivity index (χ2n) is 5.91. The van der Waals surface area contributed by atoms with E-state index in [1.54, 1.807) is 0 Å². The molecule has 124 valence electrons. The fourth-order valence-electron chi connectivity index (χ4n) is 1.31. The molecule has 9 heteroatoms. The molecule has 0 aromatic carbocycles. The van der Waals surface area contributed by atoms with Gasteiger partial charge in [0.2, 0.25) is 5.13 Å². The van der Waals surface area contributed by atoms with E-state index >= 15 is 0 Å². The Bertz CT molecular complexity index is 511. The summed E-state index contributed by atoms with van der Waals surface area (Å²) >= 11 is 6.62. The minimum absolute atomic E-state index is 0.340.